The summed E-state index contributed by atoms with van der Waals surface area (Å²) in [6.45, 7) is 3.35. The van der Waals surface area contributed by atoms with Crippen LogP contribution in [0.5, 0.6) is 23.0 Å². The Bertz CT molecular complexity index is 7430. The molecule has 6 aliphatic rings. The predicted molar refractivity (Wildman–Crippen MR) is 453 cm³/mol. The number of ether oxygens (including phenoxy) is 2. The summed E-state index contributed by atoms with van der Waals surface area (Å²) < 4.78 is 202. The lowest BCUT2D eigenvalue weighted by Gasteiger charge is -2.48. The molecule has 0 unspecified atom stereocenters. The fourth-order valence-corrected chi connectivity index (χ4v) is 17.4. The van der Waals surface area contributed by atoms with Gasteiger partial charge in [0.1, 0.15) is 23.0 Å². The Kier molecular flexibility index (Phi) is 10.4. The fourth-order valence-electron chi connectivity index (χ4n) is 17.4. The molecule has 1 aromatic heterocycles. The fraction of sp³-hybridized carbons (Fsp3) is 0.0600. The number of anilines is 9. The highest BCUT2D eigenvalue weighted by Gasteiger charge is 2.54. The van der Waals surface area contributed by atoms with Crippen molar-refractivity contribution in [1.82, 2.24) is 4.57 Å². The maximum absolute atomic E-state index is 11.9. The largest absolute Gasteiger partial charge is 0.459 e. The normalized spacial score (nSPS) is 16.2. The number of allylic oxidation sites excluding steroid dienone is 4. The minimum atomic E-state index is -1.52. The van der Waals surface area contributed by atoms with E-state index in [1.807, 2.05) is 228 Å². The molecule has 16 aromatic rings. The van der Waals surface area contributed by atoms with E-state index in [1.165, 1.54) is 0 Å². The van der Waals surface area contributed by atoms with Crippen LogP contribution in [0.3, 0.4) is 0 Å². The maximum Gasteiger partial charge on any atom is 0.266 e. The number of hydrogen-bond acceptors (Lipinski definition) is 5. The van der Waals surface area contributed by atoms with E-state index < -0.39 is 127 Å². The lowest BCUT2D eigenvalue weighted by molar-refractivity contribution is 0.466. The van der Waals surface area contributed by atoms with E-state index in [2.05, 4.69) is 39.0 Å². The first kappa shape index (κ1) is 46.5. The van der Waals surface area contributed by atoms with Crippen molar-refractivity contribution in [2.45, 2.75) is 39.0 Å². The van der Waals surface area contributed by atoms with E-state index in [-0.39, 0.29) is 101 Å². The third kappa shape index (κ3) is 9.29. The van der Waals surface area contributed by atoms with E-state index in [0.29, 0.717) is 96.8 Å². The van der Waals surface area contributed by atoms with Crippen LogP contribution in [0.15, 0.2) is 345 Å². The standard InChI is InChI=1S/C100H70B2N4O2/c1-100(2,3)69-59-85-91-86(60-69)106(98-75(67-39-18-8-19-40-67)49-28-50-76(98)68-41-20-9-21-42-68)87-62-90-95-99(108-89-56-30-54-83-93(89)102(95)92-82(53-29-55-88(92)107-90)104(83)96-71(63-31-10-4-11-32-63)45-26-46-72(96)64-33-12-5-13-34-64)94(87)101(91)79-58-57-70(103-80-51-24-22-43-77(80)78-44-23-25-52-81(78)103)61-84(79)105(85)97-73(65-35-14-6-15-36-65)47-27-48-74(97)66-37-16-7-17-38-66/h4-12,14-33,35-62H,13,34H2,1-3H3/i22D,23D,24D,25D,29D,30D,43D,44D,51D,52D,53D,54D,55D,56D,57D,58D,61D,62D. The first-order valence-corrected chi connectivity index (χ1v) is 36.4. The van der Waals surface area contributed by atoms with Crippen molar-refractivity contribution in [2.24, 2.45) is 0 Å². The number of aromatic nitrogens is 1. The summed E-state index contributed by atoms with van der Waals surface area (Å²) in [6, 6.07) is 59.8. The van der Waals surface area contributed by atoms with Crippen molar-refractivity contribution in [1.29, 1.82) is 0 Å². The molecule has 15 aromatic carbocycles. The monoisotopic (exact) mass is 1400 g/mol. The second kappa shape index (κ2) is 24.1. The Morgan fingerprint density at radius 2 is 0.824 bits per heavy atom. The lowest BCUT2D eigenvalue weighted by Crippen LogP contribution is -2.66. The number of rotatable bonds is 10. The van der Waals surface area contributed by atoms with Gasteiger partial charge in [-0.3, -0.25) is 0 Å². The molecule has 5 aliphatic heterocycles. The van der Waals surface area contributed by atoms with Gasteiger partial charge in [0.05, 0.1) is 52.8 Å². The highest BCUT2D eigenvalue weighted by molar-refractivity contribution is 7.04. The lowest BCUT2D eigenvalue weighted by atomic mass is 9.29. The molecule has 22 rings (SSSR count). The van der Waals surface area contributed by atoms with Gasteiger partial charge in [-0.25, -0.2) is 0 Å². The van der Waals surface area contributed by atoms with Crippen LogP contribution in [0.1, 0.15) is 69.4 Å². The van der Waals surface area contributed by atoms with E-state index in [1.54, 1.807) is 4.90 Å². The van der Waals surface area contributed by atoms with Crippen LogP contribution in [-0.4, -0.2) is 18.0 Å². The highest BCUT2D eigenvalue weighted by atomic mass is 16.5. The first-order valence-electron chi connectivity index (χ1n) is 45.4. The van der Waals surface area contributed by atoms with Crippen molar-refractivity contribution in [3.05, 3.63) is 357 Å². The Morgan fingerprint density at radius 1 is 0.370 bits per heavy atom. The molecular weight excluding hydrogens is 1310 g/mol. The molecule has 508 valence electrons. The zero-order chi connectivity index (χ0) is 87.1. The maximum atomic E-state index is 11.9. The summed E-state index contributed by atoms with van der Waals surface area (Å²) in [5.74, 6) is -0.615. The van der Waals surface area contributed by atoms with E-state index in [4.69, 9.17) is 12.2 Å². The summed E-state index contributed by atoms with van der Waals surface area (Å²) in [7, 11) is 0. The molecule has 6 nitrogen and oxygen atoms in total. The molecule has 8 heteroatoms. The topological polar surface area (TPSA) is 33.1 Å². The van der Waals surface area contributed by atoms with Crippen LogP contribution < -0.4 is 57.0 Å². The third-order valence-corrected chi connectivity index (χ3v) is 22.1. The molecular formula is C100H70B2N4O2. The zero-order valence-corrected chi connectivity index (χ0v) is 58.7. The molecule has 0 atom stereocenters. The van der Waals surface area contributed by atoms with Crippen molar-refractivity contribution >= 4 is 125 Å². The molecule has 0 radical (unpaired) electrons. The quantitative estimate of drug-likeness (QED) is 0.127. The van der Waals surface area contributed by atoms with Crippen molar-refractivity contribution in [2.75, 3.05) is 14.7 Å². The smallest absolute Gasteiger partial charge is 0.266 e. The SMILES string of the molecule is [2H]c1c([2H])c2c3c(c1[2H])N(c1c(C4=CC=CCC4)cccc1-c1ccccc1)c1c([2H])c([2H])c([2H])c4c1B3c1c(c([2H])c3c(c1O4)B1c4c(cc(C(C)(C)C)cc4N3c3c(-c4ccccc4)cccc3-c3ccccc3)N(c3c(-c4ccccc4)cccc3-c3ccccc3)c3c([2H])c(-n4c5c([2H])c([2H])c([2H])c([2H])c5c5c([2H])c([2H])c([2H])c([2H])c54)c([2H])c([2H])c31)O2. The summed E-state index contributed by atoms with van der Waals surface area (Å²) in [4.78, 5) is 5.72. The minimum Gasteiger partial charge on any atom is -0.459 e. The number of hydrogen-bond donors (Lipinski definition) is 0. The third-order valence-electron chi connectivity index (χ3n) is 22.1. The van der Waals surface area contributed by atoms with Crippen LogP contribution >= 0.6 is 0 Å². The average molecular weight is 1400 g/mol. The molecule has 0 saturated heterocycles. The second-order valence-electron chi connectivity index (χ2n) is 29.0. The van der Waals surface area contributed by atoms with Gasteiger partial charge in [0, 0.05) is 95.5 Å². The summed E-state index contributed by atoms with van der Waals surface area (Å²) in [5, 5.41) is -0.636. The van der Waals surface area contributed by atoms with Gasteiger partial charge in [0.15, 0.2) is 0 Å². The molecule has 108 heavy (non-hydrogen) atoms. The molecule has 0 spiro atoms. The van der Waals surface area contributed by atoms with Crippen molar-refractivity contribution in [3.63, 3.8) is 0 Å². The Morgan fingerprint density at radius 3 is 1.31 bits per heavy atom. The Balaban J connectivity index is 0.962. The van der Waals surface area contributed by atoms with Gasteiger partial charge in [0.2, 0.25) is 0 Å². The van der Waals surface area contributed by atoms with Gasteiger partial charge >= 0.3 is 0 Å². The van der Waals surface area contributed by atoms with Gasteiger partial charge in [-0.05, 0) is 145 Å². The molecule has 0 saturated carbocycles. The number of nitrogens with zero attached hydrogens (tertiary/aromatic N) is 4. The van der Waals surface area contributed by atoms with Gasteiger partial charge in [-0.2, -0.15) is 0 Å². The summed E-state index contributed by atoms with van der Waals surface area (Å²) in [5.41, 5.74) is 10.5. The van der Waals surface area contributed by atoms with Crippen molar-refractivity contribution in [3.8, 4) is 84.3 Å². The number of para-hydroxylation sites is 5. The van der Waals surface area contributed by atoms with Gasteiger partial charge in [-0.15, -0.1) is 0 Å². The van der Waals surface area contributed by atoms with E-state index in [9.17, 15) is 21.9 Å². The highest BCUT2D eigenvalue weighted by Crippen LogP contribution is 2.57. The van der Waals surface area contributed by atoms with Gasteiger partial charge in [-0.1, -0.05) is 300 Å². The minimum absolute atomic E-state index is 0.0380. The first-order chi connectivity index (χ1) is 60.8. The van der Waals surface area contributed by atoms with Crippen molar-refractivity contribution < 1.29 is 34.1 Å². The van der Waals surface area contributed by atoms with Crippen LogP contribution in [0.4, 0.5) is 51.2 Å². The van der Waals surface area contributed by atoms with Crippen LogP contribution in [0.25, 0.3) is 88.7 Å². The molecule has 0 fully saturated rings. The molecule has 0 amide bonds. The van der Waals surface area contributed by atoms with E-state index >= 15 is 0 Å². The molecule has 6 heterocycles. The predicted octanol–water partition coefficient (Wildman–Crippen LogP) is 22.7. The average Bonchev–Trinajstić information content (AvgIpc) is 0.669. The van der Waals surface area contributed by atoms with Crippen LogP contribution in [0, 0.1) is 0 Å². The second-order valence-corrected chi connectivity index (χ2v) is 29.0. The van der Waals surface area contributed by atoms with Gasteiger partial charge in [0.25, 0.3) is 13.4 Å². The zero-order valence-electron chi connectivity index (χ0n) is 76.7. The van der Waals surface area contributed by atoms with E-state index in [0.717, 1.165) is 26.8 Å². The number of fused-ring (bicyclic) bond motifs is 8. The van der Waals surface area contributed by atoms with Crippen LogP contribution in [-0.2, 0) is 5.41 Å². The molecule has 0 N–H and O–H groups in total. The molecule has 0 bridgehead atoms. The molecule has 1 aliphatic carbocycles. The Labute approximate surface area is 655 Å². The summed E-state index contributed by atoms with van der Waals surface area (Å²) in [6.07, 6.45) is 7.35. The number of benzene rings is 15. The van der Waals surface area contributed by atoms with Gasteiger partial charge < -0.3 is 28.7 Å². The summed E-state index contributed by atoms with van der Waals surface area (Å²) >= 11 is 0. The Hall–Kier alpha value is -13.3. The van der Waals surface area contributed by atoms with Crippen LogP contribution in [0.2, 0.25) is 0 Å².